The van der Waals surface area contributed by atoms with Gasteiger partial charge < -0.3 is 10.1 Å². The molecule has 1 fully saturated rings. The number of aromatic nitrogens is 1. The summed E-state index contributed by atoms with van der Waals surface area (Å²) in [5.41, 5.74) is 1.41. The molecule has 1 saturated carbocycles. The maximum absolute atomic E-state index is 11.2. The summed E-state index contributed by atoms with van der Waals surface area (Å²) in [5, 5.41) is 8.91. The fourth-order valence-electron chi connectivity index (χ4n) is 1.70. The van der Waals surface area contributed by atoms with Crippen LogP contribution in [0.1, 0.15) is 52.1 Å². The van der Waals surface area contributed by atoms with Crippen LogP contribution in [0.4, 0.5) is 0 Å². The number of carbonyl (C=O) groups is 2. The van der Waals surface area contributed by atoms with E-state index in [-0.39, 0.29) is 17.3 Å². The molecule has 4 nitrogen and oxygen atoms in total. The molecule has 2 N–H and O–H groups in total. The predicted octanol–water partition coefficient (Wildman–Crippen LogP) is 1.79. The average Bonchev–Trinajstić information content (AvgIpc) is 2.83. The Kier molecular flexibility index (Phi) is 1.91. The van der Waals surface area contributed by atoms with Gasteiger partial charge in [-0.3, -0.25) is 4.79 Å². The van der Waals surface area contributed by atoms with Crippen molar-refractivity contribution >= 4 is 11.8 Å². The van der Waals surface area contributed by atoms with E-state index in [2.05, 4.69) is 4.98 Å². The lowest BCUT2D eigenvalue weighted by Crippen LogP contribution is -2.02. The molecule has 74 valence electrons. The molecular weight excluding hydrogens is 182 g/mol. The number of hydrogen-bond acceptors (Lipinski definition) is 2. The normalized spacial score (nSPS) is 15.5. The molecule has 0 amide bonds. The first-order chi connectivity index (χ1) is 6.61. The number of aromatic carboxylic acids is 1. The third-order valence-electron chi connectivity index (χ3n) is 2.49. The number of carbonyl (C=O) groups excluding carboxylic acids is 1. The summed E-state index contributed by atoms with van der Waals surface area (Å²) in [6, 6.07) is 0. The summed E-state index contributed by atoms with van der Waals surface area (Å²) in [7, 11) is 0. The summed E-state index contributed by atoms with van der Waals surface area (Å²) in [5.74, 6) is -0.790. The number of rotatable bonds is 3. The van der Waals surface area contributed by atoms with Crippen LogP contribution in [0.5, 0.6) is 0 Å². The van der Waals surface area contributed by atoms with Crippen molar-refractivity contribution in [1.82, 2.24) is 4.98 Å². The lowest BCUT2D eigenvalue weighted by molar-refractivity contribution is 0.0696. The Morgan fingerprint density at radius 1 is 1.50 bits per heavy atom. The van der Waals surface area contributed by atoms with Crippen LogP contribution >= 0.6 is 0 Å². The molecule has 0 saturated heterocycles. The summed E-state index contributed by atoms with van der Waals surface area (Å²) in [6.45, 7) is 1.45. The zero-order chi connectivity index (χ0) is 10.3. The van der Waals surface area contributed by atoms with Crippen molar-refractivity contribution in [1.29, 1.82) is 0 Å². The molecule has 0 aromatic carbocycles. The van der Waals surface area contributed by atoms with Gasteiger partial charge in [-0.15, -0.1) is 0 Å². The van der Waals surface area contributed by atoms with Crippen LogP contribution in [0.15, 0.2) is 6.20 Å². The Morgan fingerprint density at radius 3 is 2.57 bits per heavy atom. The summed E-state index contributed by atoms with van der Waals surface area (Å²) in [4.78, 5) is 24.8. The molecule has 0 bridgehead atoms. The maximum Gasteiger partial charge on any atom is 0.337 e. The van der Waals surface area contributed by atoms with Crippen LogP contribution in [0.3, 0.4) is 0 Å². The fourth-order valence-corrected chi connectivity index (χ4v) is 1.70. The van der Waals surface area contributed by atoms with Gasteiger partial charge in [0, 0.05) is 13.1 Å². The fraction of sp³-hybridized carbons (Fsp3) is 0.400. The molecule has 0 radical (unpaired) electrons. The molecule has 1 aliphatic carbocycles. The van der Waals surface area contributed by atoms with E-state index >= 15 is 0 Å². The quantitative estimate of drug-likeness (QED) is 0.719. The van der Waals surface area contributed by atoms with Gasteiger partial charge in [-0.2, -0.15) is 0 Å². The zero-order valence-corrected chi connectivity index (χ0v) is 7.83. The van der Waals surface area contributed by atoms with Gasteiger partial charge in [0.25, 0.3) is 0 Å². The topological polar surface area (TPSA) is 70.2 Å². The number of carboxylic acids is 1. The van der Waals surface area contributed by atoms with Crippen molar-refractivity contribution in [3.8, 4) is 0 Å². The summed E-state index contributed by atoms with van der Waals surface area (Å²) in [6.07, 6.45) is 3.38. The third kappa shape index (κ3) is 1.32. The van der Waals surface area contributed by atoms with Crippen LogP contribution in [-0.4, -0.2) is 21.8 Å². The van der Waals surface area contributed by atoms with E-state index in [1.165, 1.54) is 13.1 Å². The first-order valence-corrected chi connectivity index (χ1v) is 4.56. The van der Waals surface area contributed by atoms with E-state index in [1.54, 1.807) is 0 Å². The Hall–Kier alpha value is -1.58. The van der Waals surface area contributed by atoms with Crippen molar-refractivity contribution in [2.75, 3.05) is 0 Å². The van der Waals surface area contributed by atoms with E-state index in [4.69, 9.17) is 5.11 Å². The number of aromatic amines is 1. The van der Waals surface area contributed by atoms with Crippen molar-refractivity contribution in [3.63, 3.8) is 0 Å². The van der Waals surface area contributed by atoms with Crippen molar-refractivity contribution in [2.45, 2.75) is 25.7 Å². The molecule has 1 aromatic rings. The Labute approximate surface area is 80.9 Å². The Morgan fingerprint density at radius 2 is 2.14 bits per heavy atom. The second-order valence-corrected chi connectivity index (χ2v) is 3.63. The molecule has 0 unspecified atom stereocenters. The molecular formula is C10H11NO3. The SMILES string of the molecule is CC(=O)c1[nH]cc(C(=O)O)c1C1CC1. The van der Waals surface area contributed by atoms with Gasteiger partial charge in [-0.25, -0.2) is 4.79 Å². The van der Waals surface area contributed by atoms with Crippen LogP contribution in [0, 0.1) is 0 Å². The monoisotopic (exact) mass is 193 g/mol. The van der Waals surface area contributed by atoms with Gasteiger partial charge in [-0.05, 0) is 24.3 Å². The standard InChI is InChI=1S/C10H11NO3/c1-5(12)9-8(6-2-3-6)7(4-11-9)10(13)14/h4,6,11H,2-3H2,1H3,(H,13,14). The lowest BCUT2D eigenvalue weighted by atomic mass is 10.0. The van der Waals surface area contributed by atoms with Crippen LogP contribution in [0.25, 0.3) is 0 Å². The molecule has 0 aliphatic heterocycles. The lowest BCUT2D eigenvalue weighted by Gasteiger charge is -1.99. The Bertz CT molecular complexity index is 370. The molecule has 0 atom stereocenters. The van der Waals surface area contributed by atoms with Gasteiger partial charge in [0.1, 0.15) is 0 Å². The summed E-state index contributed by atoms with van der Waals surface area (Å²) < 4.78 is 0. The van der Waals surface area contributed by atoms with Crippen LogP contribution in [0.2, 0.25) is 0 Å². The van der Waals surface area contributed by atoms with Crippen molar-refractivity contribution < 1.29 is 14.7 Å². The summed E-state index contributed by atoms with van der Waals surface area (Å²) >= 11 is 0. The molecule has 2 rings (SSSR count). The van der Waals surface area contributed by atoms with Gasteiger partial charge in [0.2, 0.25) is 0 Å². The number of Topliss-reactive ketones (excluding diaryl/α,β-unsaturated/α-hetero) is 1. The second kappa shape index (κ2) is 2.97. The van der Waals surface area contributed by atoms with Crippen molar-refractivity contribution in [2.24, 2.45) is 0 Å². The van der Waals surface area contributed by atoms with E-state index in [0.29, 0.717) is 11.3 Å². The van der Waals surface area contributed by atoms with Crippen molar-refractivity contribution in [3.05, 3.63) is 23.0 Å². The minimum atomic E-state index is -0.962. The number of H-pyrrole nitrogens is 1. The average molecular weight is 193 g/mol. The zero-order valence-electron chi connectivity index (χ0n) is 7.83. The molecule has 0 spiro atoms. The minimum absolute atomic E-state index is 0.0978. The number of carboxylic acid groups (broad SMARTS) is 1. The van der Waals surface area contributed by atoms with Gasteiger partial charge in [-0.1, -0.05) is 0 Å². The maximum atomic E-state index is 11.2. The first kappa shape index (κ1) is 8.99. The van der Waals surface area contributed by atoms with E-state index in [9.17, 15) is 9.59 Å². The van der Waals surface area contributed by atoms with Gasteiger partial charge >= 0.3 is 5.97 Å². The largest absolute Gasteiger partial charge is 0.478 e. The van der Waals surface area contributed by atoms with Gasteiger partial charge in [0.05, 0.1) is 11.3 Å². The highest BCUT2D eigenvalue weighted by atomic mass is 16.4. The molecule has 1 aliphatic rings. The third-order valence-corrected chi connectivity index (χ3v) is 2.49. The second-order valence-electron chi connectivity index (χ2n) is 3.63. The van der Waals surface area contributed by atoms with Crippen LogP contribution in [-0.2, 0) is 0 Å². The van der Waals surface area contributed by atoms with Crippen LogP contribution < -0.4 is 0 Å². The highest BCUT2D eigenvalue weighted by Crippen LogP contribution is 2.43. The van der Waals surface area contributed by atoms with E-state index in [0.717, 1.165) is 12.8 Å². The number of nitrogens with one attached hydrogen (secondary N) is 1. The molecule has 1 heterocycles. The number of ketones is 1. The predicted molar refractivity (Wildman–Crippen MR) is 49.7 cm³/mol. The van der Waals surface area contributed by atoms with E-state index in [1.807, 2.05) is 0 Å². The first-order valence-electron chi connectivity index (χ1n) is 4.56. The minimum Gasteiger partial charge on any atom is -0.478 e. The highest BCUT2D eigenvalue weighted by molar-refractivity contribution is 5.99. The number of hydrogen-bond donors (Lipinski definition) is 2. The van der Waals surface area contributed by atoms with Gasteiger partial charge in [0.15, 0.2) is 5.78 Å². The molecule has 4 heteroatoms. The van der Waals surface area contributed by atoms with E-state index < -0.39 is 5.97 Å². The Balaban J connectivity index is 2.52. The smallest absolute Gasteiger partial charge is 0.337 e. The highest BCUT2D eigenvalue weighted by Gasteiger charge is 2.32. The molecule has 14 heavy (non-hydrogen) atoms. The molecule has 1 aromatic heterocycles.